The van der Waals surface area contributed by atoms with E-state index in [0.29, 0.717) is 5.02 Å². The summed E-state index contributed by atoms with van der Waals surface area (Å²) < 4.78 is 5.33. The van der Waals surface area contributed by atoms with Gasteiger partial charge >= 0.3 is 0 Å². The zero-order valence-electron chi connectivity index (χ0n) is 12.1. The number of hydrogen-bond acceptors (Lipinski definition) is 3. The highest BCUT2D eigenvalue weighted by atomic mass is 35.5. The molecule has 1 unspecified atom stereocenters. The number of ether oxygens (including phenoxy) is 1. The Morgan fingerprint density at radius 2 is 2.10 bits per heavy atom. The molecule has 0 aliphatic heterocycles. The van der Waals surface area contributed by atoms with Gasteiger partial charge < -0.3 is 10.1 Å². The van der Waals surface area contributed by atoms with Gasteiger partial charge in [0, 0.05) is 9.75 Å². The molecule has 2 rings (SSSR count). The van der Waals surface area contributed by atoms with Crippen LogP contribution in [0.5, 0.6) is 5.75 Å². The first-order valence-corrected chi connectivity index (χ1v) is 7.98. The van der Waals surface area contributed by atoms with Crippen molar-refractivity contribution in [2.24, 2.45) is 0 Å². The van der Waals surface area contributed by atoms with Gasteiger partial charge in [-0.1, -0.05) is 24.6 Å². The molecule has 1 heterocycles. The molecule has 0 aliphatic rings. The summed E-state index contributed by atoms with van der Waals surface area (Å²) in [5, 5.41) is 4.24. The lowest BCUT2D eigenvalue weighted by Gasteiger charge is -2.19. The Morgan fingerprint density at radius 1 is 1.30 bits per heavy atom. The topological polar surface area (TPSA) is 21.3 Å². The van der Waals surface area contributed by atoms with Gasteiger partial charge in [0.2, 0.25) is 0 Å². The van der Waals surface area contributed by atoms with E-state index in [1.165, 1.54) is 15.3 Å². The van der Waals surface area contributed by atoms with E-state index >= 15 is 0 Å². The van der Waals surface area contributed by atoms with Crippen molar-refractivity contribution < 1.29 is 4.74 Å². The number of nitrogens with one attached hydrogen (secondary N) is 1. The molecule has 4 heteroatoms. The van der Waals surface area contributed by atoms with Gasteiger partial charge in [-0.25, -0.2) is 0 Å². The van der Waals surface area contributed by atoms with Crippen molar-refractivity contribution in [1.29, 1.82) is 0 Å². The summed E-state index contributed by atoms with van der Waals surface area (Å²) in [7, 11) is 1.65. The van der Waals surface area contributed by atoms with E-state index in [-0.39, 0.29) is 6.04 Å². The van der Waals surface area contributed by atoms with Gasteiger partial charge in [0.25, 0.3) is 0 Å². The fourth-order valence-electron chi connectivity index (χ4n) is 2.14. The average molecular weight is 310 g/mol. The van der Waals surface area contributed by atoms with Crippen molar-refractivity contribution in [3.8, 4) is 5.75 Å². The van der Waals surface area contributed by atoms with Crippen LogP contribution in [0, 0.1) is 6.92 Å². The molecule has 1 aromatic heterocycles. The van der Waals surface area contributed by atoms with Crippen LogP contribution in [0.4, 0.5) is 0 Å². The number of halogens is 1. The van der Waals surface area contributed by atoms with Crippen molar-refractivity contribution in [3.05, 3.63) is 50.7 Å². The van der Waals surface area contributed by atoms with Gasteiger partial charge in [-0.2, -0.15) is 0 Å². The third-order valence-electron chi connectivity index (χ3n) is 3.15. The Balaban J connectivity index is 2.35. The molecule has 0 aliphatic carbocycles. The predicted octanol–water partition coefficient (Wildman–Crippen LogP) is 4.81. The van der Waals surface area contributed by atoms with Crippen LogP contribution >= 0.6 is 22.9 Å². The highest BCUT2D eigenvalue weighted by molar-refractivity contribution is 7.12. The van der Waals surface area contributed by atoms with E-state index in [1.54, 1.807) is 7.11 Å². The van der Waals surface area contributed by atoms with E-state index in [0.717, 1.165) is 18.7 Å². The Hall–Kier alpha value is -1.03. The van der Waals surface area contributed by atoms with Crippen molar-refractivity contribution in [2.75, 3.05) is 13.7 Å². The lowest BCUT2D eigenvalue weighted by Crippen LogP contribution is -2.22. The van der Waals surface area contributed by atoms with Crippen LogP contribution in [0.1, 0.15) is 34.7 Å². The Kier molecular flexibility index (Phi) is 5.46. The highest BCUT2D eigenvalue weighted by Gasteiger charge is 2.16. The van der Waals surface area contributed by atoms with E-state index in [2.05, 4.69) is 37.4 Å². The van der Waals surface area contributed by atoms with Crippen LogP contribution in [0.2, 0.25) is 5.02 Å². The quantitative estimate of drug-likeness (QED) is 0.827. The number of hydrogen-bond donors (Lipinski definition) is 1. The summed E-state index contributed by atoms with van der Waals surface area (Å²) in [5.74, 6) is 0.723. The third-order valence-corrected chi connectivity index (χ3v) is 4.53. The fourth-order valence-corrected chi connectivity index (χ4v) is 3.31. The second-order valence-corrected chi connectivity index (χ2v) is 6.46. The van der Waals surface area contributed by atoms with Crippen LogP contribution < -0.4 is 10.1 Å². The van der Waals surface area contributed by atoms with Gasteiger partial charge in [0.1, 0.15) is 5.75 Å². The number of rotatable bonds is 6. The third kappa shape index (κ3) is 3.54. The largest absolute Gasteiger partial charge is 0.495 e. The van der Waals surface area contributed by atoms with Crippen LogP contribution in [-0.4, -0.2) is 13.7 Å². The zero-order chi connectivity index (χ0) is 14.5. The molecule has 108 valence electrons. The maximum atomic E-state index is 6.11. The van der Waals surface area contributed by atoms with Gasteiger partial charge in [0.05, 0.1) is 18.2 Å². The number of methoxy groups -OCH3 is 1. The number of thiophene rings is 1. The van der Waals surface area contributed by atoms with E-state index in [4.69, 9.17) is 16.3 Å². The molecule has 2 nitrogen and oxygen atoms in total. The lowest BCUT2D eigenvalue weighted by atomic mass is 10.0. The van der Waals surface area contributed by atoms with Crippen molar-refractivity contribution in [2.45, 2.75) is 26.3 Å². The predicted molar refractivity (Wildman–Crippen MR) is 87.2 cm³/mol. The second-order valence-electron chi connectivity index (χ2n) is 4.73. The second kappa shape index (κ2) is 7.11. The van der Waals surface area contributed by atoms with E-state index in [9.17, 15) is 0 Å². The summed E-state index contributed by atoms with van der Waals surface area (Å²) in [6, 6.07) is 10.5. The summed E-state index contributed by atoms with van der Waals surface area (Å²) in [6.45, 7) is 5.28. The first-order valence-electron chi connectivity index (χ1n) is 6.79. The molecule has 1 N–H and O–H groups in total. The molecule has 0 radical (unpaired) electrons. The minimum Gasteiger partial charge on any atom is -0.495 e. The van der Waals surface area contributed by atoms with Crippen LogP contribution in [0.25, 0.3) is 0 Å². The van der Waals surface area contributed by atoms with Crippen molar-refractivity contribution in [3.63, 3.8) is 0 Å². The van der Waals surface area contributed by atoms with Crippen molar-refractivity contribution in [1.82, 2.24) is 5.32 Å². The zero-order valence-corrected chi connectivity index (χ0v) is 13.6. The maximum Gasteiger partial charge on any atom is 0.137 e. The molecule has 0 saturated carbocycles. The smallest absolute Gasteiger partial charge is 0.137 e. The molecular weight excluding hydrogens is 290 g/mol. The monoisotopic (exact) mass is 309 g/mol. The molecule has 2 aromatic rings. The Morgan fingerprint density at radius 3 is 2.70 bits per heavy atom. The van der Waals surface area contributed by atoms with Crippen molar-refractivity contribution >= 4 is 22.9 Å². The molecule has 0 saturated heterocycles. The molecule has 0 spiro atoms. The summed E-state index contributed by atoms with van der Waals surface area (Å²) in [4.78, 5) is 2.64. The van der Waals surface area contributed by atoms with Gasteiger partial charge in [-0.15, -0.1) is 11.3 Å². The highest BCUT2D eigenvalue weighted by Crippen LogP contribution is 2.33. The lowest BCUT2D eigenvalue weighted by molar-refractivity contribution is 0.414. The summed E-state index contributed by atoms with van der Waals surface area (Å²) >= 11 is 7.94. The maximum absolute atomic E-state index is 6.11. The van der Waals surface area contributed by atoms with E-state index < -0.39 is 0 Å². The van der Waals surface area contributed by atoms with Crippen LogP contribution in [-0.2, 0) is 0 Å². The minimum atomic E-state index is 0.194. The normalized spacial score (nSPS) is 12.4. The average Bonchev–Trinajstić information content (AvgIpc) is 2.87. The SMILES string of the molecule is CCCNC(c1ccc(Cl)c(OC)c1)c1ccc(C)s1. The van der Waals surface area contributed by atoms with E-state index in [1.807, 2.05) is 23.5 Å². The fraction of sp³-hybridized carbons (Fsp3) is 0.375. The summed E-state index contributed by atoms with van der Waals surface area (Å²) in [5.41, 5.74) is 1.18. The van der Waals surface area contributed by atoms with Gasteiger partial charge in [0.15, 0.2) is 0 Å². The van der Waals surface area contributed by atoms with Gasteiger partial charge in [-0.3, -0.25) is 0 Å². The number of benzene rings is 1. The molecule has 0 bridgehead atoms. The molecule has 0 fully saturated rings. The first kappa shape index (κ1) is 15.4. The summed E-state index contributed by atoms with van der Waals surface area (Å²) in [6.07, 6.45) is 1.10. The Bertz CT molecular complexity index is 567. The standard InChI is InChI=1S/C16H20ClNOS/c1-4-9-18-16(15-8-5-11(2)20-15)12-6-7-13(17)14(10-12)19-3/h5-8,10,16,18H,4,9H2,1-3H3. The van der Waals surface area contributed by atoms with Crippen LogP contribution in [0.15, 0.2) is 30.3 Å². The van der Waals surface area contributed by atoms with Gasteiger partial charge in [-0.05, 0) is 49.7 Å². The minimum absolute atomic E-state index is 0.194. The van der Waals surface area contributed by atoms with Crippen LogP contribution in [0.3, 0.4) is 0 Å². The molecular formula is C16H20ClNOS. The molecule has 1 aromatic carbocycles. The molecule has 1 atom stereocenters. The Labute approximate surface area is 129 Å². The molecule has 0 amide bonds. The first-order chi connectivity index (χ1) is 9.65. The molecule has 20 heavy (non-hydrogen) atoms. The number of aryl methyl sites for hydroxylation is 1.